The van der Waals surface area contributed by atoms with E-state index in [0.717, 1.165) is 4.68 Å². The highest BCUT2D eigenvalue weighted by Crippen LogP contribution is 2.54. The van der Waals surface area contributed by atoms with E-state index in [9.17, 15) is 14.7 Å². The first kappa shape index (κ1) is 14.3. The molecule has 21 heavy (non-hydrogen) atoms. The molecule has 0 spiro atoms. The van der Waals surface area contributed by atoms with E-state index in [1.54, 1.807) is 0 Å². The normalized spacial score (nSPS) is 31.5. The molecule has 1 aliphatic carbocycles. The summed E-state index contributed by atoms with van der Waals surface area (Å²) in [4.78, 5) is 25.2. The van der Waals surface area contributed by atoms with Crippen LogP contribution in [-0.2, 0) is 11.8 Å². The van der Waals surface area contributed by atoms with E-state index in [4.69, 9.17) is 11.6 Å². The van der Waals surface area contributed by atoms with Gasteiger partial charge in [-0.25, -0.2) is 9.07 Å². The molecule has 2 heterocycles. The number of carboxylic acid groups (broad SMARTS) is 1. The number of anilines is 1. The molecule has 1 aromatic heterocycles. The SMILES string of the molecule is Cn1nc(Cl)cc(N2C[C@@]3(F)CCC[C@@]3(C(=O)O)C2)c1=O. The van der Waals surface area contributed by atoms with Crippen LogP contribution in [0.25, 0.3) is 0 Å². The van der Waals surface area contributed by atoms with E-state index in [0.29, 0.717) is 6.42 Å². The number of aryl methyl sites for hydroxylation is 1. The number of carbonyl (C=O) groups is 1. The van der Waals surface area contributed by atoms with Gasteiger partial charge in [0.15, 0.2) is 5.15 Å². The molecule has 1 saturated carbocycles. The predicted molar refractivity (Wildman–Crippen MR) is 74.5 cm³/mol. The maximum Gasteiger partial charge on any atom is 0.314 e. The topological polar surface area (TPSA) is 75.4 Å². The highest BCUT2D eigenvalue weighted by Gasteiger charge is 2.66. The standard InChI is InChI=1S/C13H15ClFN3O3/c1-17-10(19)8(5-9(14)16-17)18-6-12(11(20)21)3-2-4-13(12,15)7-18/h5H,2-4,6-7H2,1H3,(H,20,21)/t12-,13-/m0/s1. The zero-order chi connectivity index (χ0) is 15.4. The summed E-state index contributed by atoms with van der Waals surface area (Å²) in [6, 6.07) is 1.36. The second-order valence-corrected chi connectivity index (χ2v) is 6.23. The summed E-state index contributed by atoms with van der Waals surface area (Å²) in [6.45, 7) is -0.122. The van der Waals surface area contributed by atoms with Gasteiger partial charge in [0.25, 0.3) is 5.56 Å². The maximum atomic E-state index is 15.1. The third kappa shape index (κ3) is 1.87. The molecule has 1 aliphatic heterocycles. The number of rotatable bonds is 2. The molecule has 2 fully saturated rings. The Bertz CT molecular complexity index is 679. The molecular formula is C13H15ClFN3O3. The molecule has 6 nitrogen and oxygen atoms in total. The van der Waals surface area contributed by atoms with E-state index < -0.39 is 22.6 Å². The molecule has 0 bridgehead atoms. The van der Waals surface area contributed by atoms with E-state index in [-0.39, 0.29) is 36.8 Å². The van der Waals surface area contributed by atoms with Crippen LogP contribution >= 0.6 is 11.6 Å². The average Bonchev–Trinajstić information content (AvgIpc) is 2.84. The van der Waals surface area contributed by atoms with Crippen molar-refractivity contribution < 1.29 is 14.3 Å². The molecule has 0 amide bonds. The van der Waals surface area contributed by atoms with Crippen LogP contribution in [0.3, 0.4) is 0 Å². The van der Waals surface area contributed by atoms with Crippen LogP contribution in [0.15, 0.2) is 10.9 Å². The zero-order valence-electron chi connectivity index (χ0n) is 11.5. The van der Waals surface area contributed by atoms with Gasteiger partial charge in [0.2, 0.25) is 0 Å². The van der Waals surface area contributed by atoms with Crippen LogP contribution in [0.4, 0.5) is 10.1 Å². The van der Waals surface area contributed by atoms with Gasteiger partial charge in [-0.3, -0.25) is 9.59 Å². The predicted octanol–water partition coefficient (Wildman–Crippen LogP) is 1.22. The molecule has 1 N–H and O–H groups in total. The number of fused-ring (bicyclic) bond motifs is 1. The minimum Gasteiger partial charge on any atom is -0.481 e. The molecule has 3 rings (SSSR count). The average molecular weight is 316 g/mol. The van der Waals surface area contributed by atoms with E-state index in [2.05, 4.69) is 5.10 Å². The Morgan fingerprint density at radius 1 is 1.48 bits per heavy atom. The molecule has 0 radical (unpaired) electrons. The Morgan fingerprint density at radius 2 is 2.19 bits per heavy atom. The molecule has 8 heteroatoms. The van der Waals surface area contributed by atoms with Crippen LogP contribution < -0.4 is 10.5 Å². The van der Waals surface area contributed by atoms with Crippen molar-refractivity contribution in [3.63, 3.8) is 0 Å². The fraction of sp³-hybridized carbons (Fsp3) is 0.615. The van der Waals surface area contributed by atoms with Crippen LogP contribution in [0.1, 0.15) is 19.3 Å². The number of carboxylic acids is 1. The van der Waals surface area contributed by atoms with Gasteiger partial charge in [-0.15, -0.1) is 0 Å². The van der Waals surface area contributed by atoms with Crippen LogP contribution in [0.5, 0.6) is 0 Å². The van der Waals surface area contributed by atoms with Crippen molar-refractivity contribution in [3.8, 4) is 0 Å². The quantitative estimate of drug-likeness (QED) is 0.888. The fourth-order valence-corrected chi connectivity index (χ4v) is 3.81. The number of hydrogen-bond donors (Lipinski definition) is 1. The molecule has 2 aliphatic rings. The van der Waals surface area contributed by atoms with Crippen molar-refractivity contribution in [1.29, 1.82) is 0 Å². The lowest BCUT2D eigenvalue weighted by molar-refractivity contribution is -0.153. The van der Waals surface area contributed by atoms with Gasteiger partial charge in [-0.1, -0.05) is 11.6 Å². The molecule has 0 unspecified atom stereocenters. The van der Waals surface area contributed by atoms with Crippen molar-refractivity contribution in [1.82, 2.24) is 9.78 Å². The summed E-state index contributed by atoms with van der Waals surface area (Å²) in [7, 11) is 1.45. The molecule has 2 atom stereocenters. The smallest absolute Gasteiger partial charge is 0.314 e. The molecule has 1 aromatic rings. The summed E-state index contributed by atoms with van der Waals surface area (Å²) >= 11 is 5.85. The molecule has 114 valence electrons. The van der Waals surface area contributed by atoms with Gasteiger partial charge in [-0.2, -0.15) is 5.10 Å². The fourth-order valence-electron chi connectivity index (χ4n) is 3.59. The minimum atomic E-state index is -1.81. The Morgan fingerprint density at radius 3 is 2.81 bits per heavy atom. The van der Waals surface area contributed by atoms with Crippen molar-refractivity contribution in [3.05, 3.63) is 21.6 Å². The first-order chi connectivity index (χ1) is 9.79. The van der Waals surface area contributed by atoms with E-state index in [1.165, 1.54) is 18.0 Å². The van der Waals surface area contributed by atoms with Crippen LogP contribution in [0.2, 0.25) is 5.15 Å². The van der Waals surface area contributed by atoms with Crippen LogP contribution in [-0.4, -0.2) is 39.6 Å². The highest BCUT2D eigenvalue weighted by atomic mass is 35.5. The summed E-state index contributed by atoms with van der Waals surface area (Å²) in [5.41, 5.74) is -3.46. The minimum absolute atomic E-state index is 0.0194. The van der Waals surface area contributed by atoms with Gasteiger partial charge in [0.05, 0.1) is 6.54 Å². The Hall–Kier alpha value is -1.63. The maximum absolute atomic E-state index is 15.1. The number of nitrogens with zero attached hydrogens (tertiary/aromatic N) is 3. The third-order valence-electron chi connectivity index (χ3n) is 4.70. The number of alkyl halides is 1. The largest absolute Gasteiger partial charge is 0.481 e. The summed E-state index contributed by atoms with van der Waals surface area (Å²) in [6.07, 6.45) is 1.04. The molecular weight excluding hydrogens is 301 g/mol. The second kappa shape index (κ2) is 4.43. The van der Waals surface area contributed by atoms with Gasteiger partial charge in [0.1, 0.15) is 16.8 Å². The second-order valence-electron chi connectivity index (χ2n) is 5.84. The van der Waals surface area contributed by atoms with Crippen LogP contribution in [0, 0.1) is 5.41 Å². The van der Waals surface area contributed by atoms with Crippen molar-refractivity contribution in [2.45, 2.75) is 24.9 Å². The molecule has 0 aromatic carbocycles. The summed E-state index contributed by atoms with van der Waals surface area (Å²) in [5.74, 6) is -1.14. The Kier molecular flexibility index (Phi) is 3.02. The van der Waals surface area contributed by atoms with Crippen molar-refractivity contribution in [2.75, 3.05) is 18.0 Å². The lowest BCUT2D eigenvalue weighted by Crippen LogP contribution is -2.45. The summed E-state index contributed by atoms with van der Waals surface area (Å²) < 4.78 is 16.2. The van der Waals surface area contributed by atoms with E-state index >= 15 is 4.39 Å². The first-order valence-electron chi connectivity index (χ1n) is 6.70. The highest BCUT2D eigenvalue weighted by molar-refractivity contribution is 6.29. The number of aromatic nitrogens is 2. The number of halogens is 2. The van der Waals surface area contributed by atoms with E-state index in [1.807, 2.05) is 0 Å². The zero-order valence-corrected chi connectivity index (χ0v) is 12.2. The van der Waals surface area contributed by atoms with Gasteiger partial charge in [0, 0.05) is 19.7 Å². The first-order valence-corrected chi connectivity index (χ1v) is 7.08. The van der Waals surface area contributed by atoms with Gasteiger partial charge >= 0.3 is 5.97 Å². The third-order valence-corrected chi connectivity index (χ3v) is 4.89. The Labute approximate surface area is 125 Å². The Balaban J connectivity index is 2.05. The van der Waals surface area contributed by atoms with Crippen molar-refractivity contribution in [2.24, 2.45) is 12.5 Å². The number of aliphatic carboxylic acids is 1. The monoisotopic (exact) mass is 315 g/mol. The summed E-state index contributed by atoms with van der Waals surface area (Å²) in [5, 5.41) is 13.4. The number of hydrogen-bond acceptors (Lipinski definition) is 4. The van der Waals surface area contributed by atoms with Gasteiger partial charge in [-0.05, 0) is 19.3 Å². The molecule has 1 saturated heterocycles. The van der Waals surface area contributed by atoms with Crippen molar-refractivity contribution >= 4 is 23.3 Å². The lowest BCUT2D eigenvalue weighted by atomic mass is 9.78. The van der Waals surface area contributed by atoms with Gasteiger partial charge < -0.3 is 10.0 Å². The lowest BCUT2D eigenvalue weighted by Gasteiger charge is -2.27.